The smallest absolute Gasteiger partial charge is 0.119 e. The first-order valence-corrected chi connectivity index (χ1v) is 7.55. The predicted molar refractivity (Wildman–Crippen MR) is 83.8 cm³/mol. The minimum Gasteiger partial charge on any atom is -0.497 e. The molecule has 0 bridgehead atoms. The molecule has 2 aromatic heterocycles. The highest BCUT2D eigenvalue weighted by Crippen LogP contribution is 2.36. The topological polar surface area (TPSA) is 42.8 Å². The summed E-state index contributed by atoms with van der Waals surface area (Å²) in [5.41, 5.74) is 5.00. The van der Waals surface area contributed by atoms with Gasteiger partial charge >= 0.3 is 0 Å². The Bertz CT molecular complexity index is 813. The van der Waals surface area contributed by atoms with Crippen molar-refractivity contribution in [2.45, 2.75) is 32.7 Å². The fourth-order valence-electron chi connectivity index (χ4n) is 3.34. The number of imidazole rings is 1. The predicted octanol–water partition coefficient (Wildman–Crippen LogP) is 3.55. The number of benzene rings is 1. The lowest BCUT2D eigenvalue weighted by atomic mass is 10.0. The number of nitrogens with zero attached hydrogens (tertiary/aromatic N) is 2. The van der Waals surface area contributed by atoms with Crippen molar-refractivity contribution in [3.63, 3.8) is 0 Å². The minimum absolute atomic E-state index is 0.912. The number of aromatic nitrogens is 3. The molecule has 0 saturated heterocycles. The SMILES string of the molecule is CCCc1ncc2n1CCc1c-2[nH]c2ccc(OC)cc12. The largest absolute Gasteiger partial charge is 0.497 e. The first kappa shape index (κ1) is 12.5. The van der Waals surface area contributed by atoms with Crippen molar-refractivity contribution in [2.75, 3.05) is 7.11 Å². The first-order chi connectivity index (χ1) is 10.3. The van der Waals surface area contributed by atoms with Gasteiger partial charge < -0.3 is 14.3 Å². The zero-order chi connectivity index (χ0) is 14.4. The van der Waals surface area contributed by atoms with Crippen molar-refractivity contribution in [3.8, 4) is 17.1 Å². The molecular formula is C17H19N3O. The zero-order valence-electron chi connectivity index (χ0n) is 12.4. The molecule has 108 valence electrons. The van der Waals surface area contributed by atoms with Gasteiger partial charge in [0.05, 0.1) is 24.7 Å². The molecule has 1 N–H and O–H groups in total. The van der Waals surface area contributed by atoms with E-state index in [1.165, 1.54) is 33.7 Å². The monoisotopic (exact) mass is 281 g/mol. The maximum absolute atomic E-state index is 5.36. The highest BCUT2D eigenvalue weighted by Gasteiger charge is 2.23. The molecular weight excluding hydrogens is 262 g/mol. The Kier molecular flexibility index (Phi) is 2.77. The summed E-state index contributed by atoms with van der Waals surface area (Å²) in [7, 11) is 1.71. The van der Waals surface area contributed by atoms with Crippen molar-refractivity contribution >= 4 is 10.9 Å². The number of hydrogen-bond donors (Lipinski definition) is 1. The Labute approximate surface area is 123 Å². The summed E-state index contributed by atoms with van der Waals surface area (Å²) in [5.74, 6) is 2.12. The quantitative estimate of drug-likeness (QED) is 0.797. The number of aryl methyl sites for hydroxylation is 2. The van der Waals surface area contributed by atoms with Gasteiger partial charge in [-0.25, -0.2) is 4.98 Å². The lowest BCUT2D eigenvalue weighted by Crippen LogP contribution is -2.12. The first-order valence-electron chi connectivity index (χ1n) is 7.55. The van der Waals surface area contributed by atoms with Crippen LogP contribution >= 0.6 is 0 Å². The van der Waals surface area contributed by atoms with E-state index in [-0.39, 0.29) is 0 Å². The van der Waals surface area contributed by atoms with Crippen molar-refractivity contribution < 1.29 is 4.74 Å². The Balaban J connectivity index is 1.91. The highest BCUT2D eigenvalue weighted by molar-refractivity contribution is 5.91. The van der Waals surface area contributed by atoms with E-state index in [0.29, 0.717) is 0 Å². The minimum atomic E-state index is 0.912. The summed E-state index contributed by atoms with van der Waals surface area (Å²) in [6.45, 7) is 3.22. The van der Waals surface area contributed by atoms with Gasteiger partial charge in [0.2, 0.25) is 0 Å². The summed E-state index contributed by atoms with van der Waals surface area (Å²) in [5, 5.41) is 1.27. The van der Waals surface area contributed by atoms with Crippen LogP contribution in [-0.2, 0) is 19.4 Å². The summed E-state index contributed by atoms with van der Waals surface area (Å²) >= 11 is 0. The Morgan fingerprint density at radius 3 is 3.10 bits per heavy atom. The van der Waals surface area contributed by atoms with Gasteiger partial charge in [0.1, 0.15) is 11.6 Å². The van der Waals surface area contributed by atoms with Gasteiger partial charge in [-0.15, -0.1) is 0 Å². The molecule has 3 heterocycles. The van der Waals surface area contributed by atoms with Gasteiger partial charge in [-0.1, -0.05) is 6.92 Å². The number of ether oxygens (including phenoxy) is 1. The van der Waals surface area contributed by atoms with Crippen LogP contribution in [0.15, 0.2) is 24.4 Å². The molecule has 4 heteroatoms. The van der Waals surface area contributed by atoms with Crippen LogP contribution in [0.1, 0.15) is 24.7 Å². The zero-order valence-corrected chi connectivity index (χ0v) is 12.4. The molecule has 1 aromatic carbocycles. The van der Waals surface area contributed by atoms with Gasteiger partial charge in [-0.05, 0) is 36.6 Å². The summed E-state index contributed by atoms with van der Waals surface area (Å²) in [6, 6.07) is 6.23. The van der Waals surface area contributed by atoms with Crippen LogP contribution in [0.2, 0.25) is 0 Å². The van der Waals surface area contributed by atoms with Crippen molar-refractivity contribution in [1.29, 1.82) is 0 Å². The van der Waals surface area contributed by atoms with Gasteiger partial charge in [-0.2, -0.15) is 0 Å². The van der Waals surface area contributed by atoms with E-state index in [0.717, 1.165) is 31.6 Å². The van der Waals surface area contributed by atoms with Gasteiger partial charge in [0, 0.05) is 23.9 Å². The third-order valence-corrected chi connectivity index (χ3v) is 4.37. The average Bonchev–Trinajstić information content (AvgIpc) is 3.08. The van der Waals surface area contributed by atoms with E-state index in [4.69, 9.17) is 4.74 Å². The third kappa shape index (κ3) is 1.78. The van der Waals surface area contributed by atoms with E-state index >= 15 is 0 Å². The number of H-pyrrole nitrogens is 1. The lowest BCUT2D eigenvalue weighted by Gasteiger charge is -2.17. The van der Waals surface area contributed by atoms with E-state index in [1.807, 2.05) is 12.3 Å². The molecule has 0 atom stereocenters. The molecule has 4 nitrogen and oxygen atoms in total. The van der Waals surface area contributed by atoms with Crippen LogP contribution in [0, 0.1) is 0 Å². The molecule has 0 radical (unpaired) electrons. The molecule has 21 heavy (non-hydrogen) atoms. The molecule has 0 spiro atoms. The molecule has 0 unspecified atom stereocenters. The highest BCUT2D eigenvalue weighted by atomic mass is 16.5. The van der Waals surface area contributed by atoms with Crippen LogP contribution in [0.4, 0.5) is 0 Å². The number of nitrogens with one attached hydrogen (secondary N) is 1. The number of aromatic amines is 1. The van der Waals surface area contributed by atoms with E-state index in [9.17, 15) is 0 Å². The second-order valence-corrected chi connectivity index (χ2v) is 5.60. The van der Waals surface area contributed by atoms with Crippen molar-refractivity contribution in [3.05, 3.63) is 35.8 Å². The Morgan fingerprint density at radius 1 is 1.38 bits per heavy atom. The fourth-order valence-corrected chi connectivity index (χ4v) is 3.34. The van der Waals surface area contributed by atoms with Gasteiger partial charge in [0.25, 0.3) is 0 Å². The van der Waals surface area contributed by atoms with Crippen molar-refractivity contribution in [1.82, 2.24) is 14.5 Å². The maximum atomic E-state index is 5.36. The van der Waals surface area contributed by atoms with Crippen LogP contribution in [0.25, 0.3) is 22.3 Å². The molecule has 0 amide bonds. The van der Waals surface area contributed by atoms with Crippen LogP contribution in [-0.4, -0.2) is 21.6 Å². The average molecular weight is 281 g/mol. The van der Waals surface area contributed by atoms with Crippen LogP contribution in [0.5, 0.6) is 5.75 Å². The van der Waals surface area contributed by atoms with Crippen LogP contribution in [0.3, 0.4) is 0 Å². The molecule has 1 aliphatic heterocycles. The third-order valence-electron chi connectivity index (χ3n) is 4.37. The number of methoxy groups -OCH3 is 1. The number of rotatable bonds is 3. The van der Waals surface area contributed by atoms with E-state index < -0.39 is 0 Å². The standard InChI is InChI=1S/C17H19N3O/c1-3-4-16-18-10-15-17-12(7-8-20(15)16)13-9-11(21-2)5-6-14(13)19-17/h5-6,9-10,19H,3-4,7-8H2,1-2H3. The Morgan fingerprint density at radius 2 is 2.29 bits per heavy atom. The number of fused-ring (bicyclic) bond motifs is 5. The Hall–Kier alpha value is -2.23. The molecule has 4 rings (SSSR count). The fraction of sp³-hybridized carbons (Fsp3) is 0.353. The maximum Gasteiger partial charge on any atom is 0.119 e. The van der Waals surface area contributed by atoms with Gasteiger partial charge in [0.15, 0.2) is 0 Å². The second-order valence-electron chi connectivity index (χ2n) is 5.60. The normalized spacial score (nSPS) is 13.2. The number of hydrogen-bond acceptors (Lipinski definition) is 2. The summed E-state index contributed by atoms with van der Waals surface area (Å²) in [6.07, 6.45) is 5.23. The summed E-state index contributed by atoms with van der Waals surface area (Å²) in [4.78, 5) is 8.17. The molecule has 0 fully saturated rings. The van der Waals surface area contributed by atoms with Crippen LogP contribution < -0.4 is 4.74 Å². The van der Waals surface area contributed by atoms with Crippen molar-refractivity contribution in [2.24, 2.45) is 0 Å². The van der Waals surface area contributed by atoms with E-state index in [1.54, 1.807) is 7.11 Å². The van der Waals surface area contributed by atoms with E-state index in [2.05, 4.69) is 33.6 Å². The second kappa shape index (κ2) is 4.65. The molecule has 0 saturated carbocycles. The lowest BCUT2D eigenvalue weighted by molar-refractivity contribution is 0.415. The molecule has 3 aromatic rings. The van der Waals surface area contributed by atoms with Gasteiger partial charge in [-0.3, -0.25) is 0 Å². The molecule has 1 aliphatic rings. The molecule has 0 aliphatic carbocycles. The summed E-state index contributed by atoms with van der Waals surface area (Å²) < 4.78 is 7.72.